The highest BCUT2D eigenvalue weighted by atomic mass is 28.3. The first-order chi connectivity index (χ1) is 11.5. The largest absolute Gasteiger partial charge is 0.480 e. The lowest BCUT2D eigenvalue weighted by Crippen LogP contribution is -2.59. The molecule has 0 radical (unpaired) electrons. The molecule has 0 heterocycles. The van der Waals surface area contributed by atoms with Crippen LogP contribution in [-0.2, 0) is 11.2 Å². The molecule has 0 saturated carbocycles. The molecule has 1 aromatic carbocycles. The lowest BCUT2D eigenvalue weighted by molar-refractivity contribution is -0.139. The third-order valence-electron chi connectivity index (χ3n) is 6.70. The van der Waals surface area contributed by atoms with Crippen LogP contribution >= 0.6 is 0 Å². The zero-order chi connectivity index (χ0) is 20.6. The van der Waals surface area contributed by atoms with Gasteiger partial charge in [0.2, 0.25) is 0 Å². The third-order valence-corrected chi connectivity index (χ3v) is 17.1. The quantitative estimate of drug-likeness (QED) is 0.669. The van der Waals surface area contributed by atoms with E-state index in [4.69, 9.17) is 0 Å². The Morgan fingerprint density at radius 3 is 1.92 bits per heavy atom. The minimum absolute atomic E-state index is 0.0969. The Labute approximate surface area is 162 Å². The number of hydrogen-bond donors (Lipinski definition) is 2. The molecule has 0 saturated heterocycles. The fourth-order valence-corrected chi connectivity index (χ4v) is 6.62. The molecule has 1 atom stereocenters. The van der Waals surface area contributed by atoms with Crippen LogP contribution in [0.15, 0.2) is 24.3 Å². The summed E-state index contributed by atoms with van der Waals surface area (Å²) in [6.07, 6.45) is 0.546. The van der Waals surface area contributed by atoms with Crippen LogP contribution in [0.2, 0.25) is 36.3 Å². The van der Waals surface area contributed by atoms with Crippen LogP contribution in [0, 0.1) is 0 Å². The minimum atomic E-state index is -1.90. The molecule has 0 aliphatic carbocycles. The van der Waals surface area contributed by atoms with Gasteiger partial charge in [0.25, 0.3) is 0 Å². The van der Waals surface area contributed by atoms with Gasteiger partial charge in [-0.3, -0.25) is 4.79 Å². The molecular weight excluding hydrogens is 354 g/mol. The molecule has 2 N–H and O–H groups in total. The molecule has 3 nitrogen and oxygen atoms in total. The number of carboxylic acid groups (broad SMARTS) is 1. The zero-order valence-electron chi connectivity index (χ0n) is 18.4. The van der Waals surface area contributed by atoms with E-state index < -0.39 is 28.3 Å². The summed E-state index contributed by atoms with van der Waals surface area (Å²) in [4.78, 5) is 15.6. The fourth-order valence-electron chi connectivity index (χ4n) is 2.78. The Morgan fingerprint density at radius 2 is 1.50 bits per heavy atom. The van der Waals surface area contributed by atoms with Crippen LogP contribution in [-0.4, -0.2) is 33.4 Å². The summed E-state index contributed by atoms with van der Waals surface area (Å²) < 4.78 is 0. The van der Waals surface area contributed by atoms with Gasteiger partial charge in [-0.1, -0.05) is 97.2 Å². The summed E-state index contributed by atoms with van der Waals surface area (Å²) in [5, 5.41) is 11.6. The second-order valence-corrected chi connectivity index (χ2v) is 21.0. The molecule has 0 spiro atoms. The number of hydrogen-bond acceptors (Lipinski definition) is 2. The number of aliphatic carboxylic acids is 1. The van der Waals surface area contributed by atoms with Crippen molar-refractivity contribution in [1.82, 2.24) is 4.98 Å². The smallest absolute Gasteiger partial charge is 0.320 e. The number of carbonyl (C=O) groups is 1. The Morgan fingerprint density at radius 1 is 1.00 bits per heavy atom. The van der Waals surface area contributed by atoms with Crippen LogP contribution in [0.5, 0.6) is 0 Å². The third kappa shape index (κ3) is 5.08. The van der Waals surface area contributed by atoms with Crippen molar-refractivity contribution in [3.63, 3.8) is 0 Å². The van der Waals surface area contributed by atoms with E-state index in [-0.39, 0.29) is 10.1 Å². The highest BCUT2D eigenvalue weighted by Gasteiger charge is 2.41. The summed E-state index contributed by atoms with van der Waals surface area (Å²) >= 11 is 0. The van der Waals surface area contributed by atoms with E-state index in [1.165, 1.54) is 10.8 Å². The van der Waals surface area contributed by atoms with Crippen molar-refractivity contribution in [3.05, 3.63) is 29.8 Å². The van der Waals surface area contributed by atoms with Crippen molar-refractivity contribution in [2.75, 3.05) is 0 Å². The first-order valence-corrected chi connectivity index (χ1v) is 15.6. The molecular formula is C21H39NO2Si2. The number of nitrogens with one attached hydrogen (secondary N) is 1. The van der Waals surface area contributed by atoms with E-state index >= 15 is 0 Å². The average molecular weight is 394 g/mol. The molecule has 1 rings (SSSR count). The van der Waals surface area contributed by atoms with Crippen molar-refractivity contribution < 1.29 is 9.90 Å². The van der Waals surface area contributed by atoms with E-state index in [0.29, 0.717) is 6.42 Å². The van der Waals surface area contributed by atoms with Gasteiger partial charge in [0.05, 0.1) is 8.07 Å². The highest BCUT2D eigenvalue weighted by Crippen LogP contribution is 2.37. The summed E-state index contributed by atoms with van der Waals surface area (Å²) in [5.41, 5.74) is 1.19. The Hall–Kier alpha value is -0.916. The van der Waals surface area contributed by atoms with Crippen molar-refractivity contribution in [1.29, 1.82) is 0 Å². The molecule has 1 aromatic rings. The molecule has 0 bridgehead atoms. The van der Waals surface area contributed by atoms with Crippen LogP contribution < -0.4 is 10.2 Å². The maximum Gasteiger partial charge on any atom is 0.320 e. The van der Waals surface area contributed by atoms with E-state index in [1.54, 1.807) is 0 Å². The van der Waals surface area contributed by atoms with Crippen LogP contribution in [0.3, 0.4) is 0 Å². The topological polar surface area (TPSA) is 49.3 Å². The van der Waals surface area contributed by atoms with Gasteiger partial charge in [-0.25, -0.2) is 0 Å². The van der Waals surface area contributed by atoms with Crippen LogP contribution in [0.1, 0.15) is 47.1 Å². The molecule has 26 heavy (non-hydrogen) atoms. The van der Waals surface area contributed by atoms with Gasteiger partial charge in [-0.05, 0) is 22.1 Å². The Bertz CT molecular complexity index is 640. The van der Waals surface area contributed by atoms with E-state index in [0.717, 1.165) is 0 Å². The van der Waals surface area contributed by atoms with Crippen molar-refractivity contribution in [2.45, 2.75) is 90.3 Å². The van der Waals surface area contributed by atoms with Gasteiger partial charge in [0.15, 0.2) is 0 Å². The number of carboxylic acids is 1. The fraction of sp³-hybridized carbons (Fsp3) is 0.667. The van der Waals surface area contributed by atoms with E-state index in [1.807, 2.05) is 6.07 Å². The molecule has 5 heteroatoms. The van der Waals surface area contributed by atoms with Gasteiger partial charge in [-0.15, -0.1) is 0 Å². The van der Waals surface area contributed by atoms with Crippen molar-refractivity contribution in [2.24, 2.45) is 0 Å². The predicted molar refractivity (Wildman–Crippen MR) is 119 cm³/mol. The second kappa shape index (κ2) is 7.60. The first-order valence-electron chi connectivity index (χ1n) is 9.59. The van der Waals surface area contributed by atoms with Crippen LogP contribution in [0.4, 0.5) is 0 Å². The van der Waals surface area contributed by atoms with Gasteiger partial charge >= 0.3 is 5.97 Å². The maximum absolute atomic E-state index is 12.0. The summed E-state index contributed by atoms with van der Waals surface area (Å²) in [6.45, 7) is 22.8. The summed E-state index contributed by atoms with van der Waals surface area (Å²) in [7, 11) is -3.64. The number of benzene rings is 1. The van der Waals surface area contributed by atoms with Gasteiger partial charge in [0, 0.05) is 0 Å². The van der Waals surface area contributed by atoms with Crippen molar-refractivity contribution >= 4 is 27.5 Å². The monoisotopic (exact) mass is 393 g/mol. The number of rotatable bonds is 6. The average Bonchev–Trinajstić information content (AvgIpc) is 2.44. The molecule has 0 fully saturated rings. The molecule has 0 aliphatic heterocycles. The first kappa shape index (κ1) is 23.1. The molecule has 148 valence electrons. The predicted octanol–water partition coefficient (Wildman–Crippen LogP) is 4.99. The van der Waals surface area contributed by atoms with Gasteiger partial charge < -0.3 is 10.1 Å². The molecule has 0 unspecified atom stereocenters. The van der Waals surface area contributed by atoms with Gasteiger partial charge in [-0.2, -0.15) is 0 Å². The Kier molecular flexibility index (Phi) is 6.76. The van der Waals surface area contributed by atoms with Crippen LogP contribution in [0.25, 0.3) is 0 Å². The lowest BCUT2D eigenvalue weighted by Gasteiger charge is -2.41. The summed E-state index contributed by atoms with van der Waals surface area (Å²) in [5.74, 6) is -0.750. The highest BCUT2D eigenvalue weighted by molar-refractivity contribution is 6.92. The normalized spacial score (nSPS) is 15.0. The molecule has 0 amide bonds. The standard InChI is InChI=1S/C21H39NO2Si2/c1-20(2,3)25(7,8)18-14-12-11-13-16(18)15-17(19(23)24)22-26(9,10)21(4,5)6/h11-14,17,22H,15H2,1-10H3,(H,23,24)/t17-/m0/s1. The van der Waals surface area contributed by atoms with E-state index in [2.05, 4.69) is 90.9 Å². The second-order valence-electron chi connectivity index (χ2n) is 10.6. The maximum atomic E-state index is 12.0. The lowest BCUT2D eigenvalue weighted by atomic mass is 10.1. The van der Waals surface area contributed by atoms with Crippen molar-refractivity contribution in [3.8, 4) is 0 Å². The molecule has 0 aromatic heterocycles. The zero-order valence-corrected chi connectivity index (χ0v) is 20.4. The summed E-state index contributed by atoms with van der Waals surface area (Å²) in [6, 6.07) is 7.94. The minimum Gasteiger partial charge on any atom is -0.480 e. The Balaban J connectivity index is 3.26. The SMILES string of the molecule is CC(C)(C)[Si](C)(C)N[C@@H](Cc1ccccc1[Si](C)(C)C(C)(C)C)C(=O)O. The molecule has 0 aliphatic rings. The van der Waals surface area contributed by atoms with E-state index in [9.17, 15) is 9.90 Å². The van der Waals surface area contributed by atoms with Gasteiger partial charge in [0.1, 0.15) is 14.3 Å².